The van der Waals surface area contributed by atoms with E-state index >= 15 is 0 Å². The lowest BCUT2D eigenvalue weighted by molar-refractivity contribution is -0.126. The molecule has 6 nitrogen and oxygen atoms in total. The fraction of sp³-hybridized carbons (Fsp3) is 0.818. The van der Waals surface area contributed by atoms with Gasteiger partial charge in [0.25, 0.3) is 0 Å². The van der Waals surface area contributed by atoms with Crippen LogP contribution in [0.15, 0.2) is 0 Å². The minimum atomic E-state index is -0.505. The van der Waals surface area contributed by atoms with Crippen LogP contribution in [-0.4, -0.2) is 37.6 Å². The van der Waals surface area contributed by atoms with Crippen LogP contribution >= 0.6 is 0 Å². The van der Waals surface area contributed by atoms with Crippen molar-refractivity contribution in [3.63, 3.8) is 0 Å². The first-order valence-corrected chi connectivity index (χ1v) is 5.99. The van der Waals surface area contributed by atoms with Gasteiger partial charge >= 0.3 is 0 Å². The summed E-state index contributed by atoms with van der Waals surface area (Å²) in [7, 11) is 0. The molecule has 0 aromatic heterocycles. The molecule has 0 heterocycles. The van der Waals surface area contributed by atoms with Gasteiger partial charge in [-0.05, 0) is 19.3 Å². The van der Waals surface area contributed by atoms with Crippen LogP contribution in [0.25, 0.3) is 0 Å². The summed E-state index contributed by atoms with van der Waals surface area (Å²) in [5.74, 6) is -0.452. The SMILES string of the molecule is NC(=O)COCCNC(=O)C1CCCC(N)C1. The Bertz CT molecular complexity index is 271. The number of hydrogen-bond donors (Lipinski definition) is 3. The first-order valence-electron chi connectivity index (χ1n) is 5.99. The summed E-state index contributed by atoms with van der Waals surface area (Å²) in [6, 6.07) is 0.144. The van der Waals surface area contributed by atoms with E-state index in [2.05, 4.69) is 5.32 Å². The molecule has 98 valence electrons. The predicted octanol–water partition coefficient (Wildman–Crippen LogP) is -0.878. The number of nitrogens with two attached hydrogens (primary N) is 2. The normalized spacial score (nSPS) is 24.3. The Morgan fingerprint density at radius 2 is 2.12 bits per heavy atom. The van der Waals surface area contributed by atoms with Crippen LogP contribution in [0.3, 0.4) is 0 Å². The Labute approximate surface area is 101 Å². The number of amides is 2. The molecule has 0 aromatic carbocycles. The summed E-state index contributed by atoms with van der Waals surface area (Å²) in [5.41, 5.74) is 10.7. The summed E-state index contributed by atoms with van der Waals surface area (Å²) in [4.78, 5) is 22.1. The zero-order chi connectivity index (χ0) is 12.7. The monoisotopic (exact) mass is 243 g/mol. The van der Waals surface area contributed by atoms with E-state index in [0.29, 0.717) is 13.2 Å². The van der Waals surface area contributed by atoms with E-state index in [0.717, 1.165) is 25.7 Å². The van der Waals surface area contributed by atoms with Crippen LogP contribution in [-0.2, 0) is 14.3 Å². The lowest BCUT2D eigenvalue weighted by atomic mass is 9.85. The number of nitrogens with one attached hydrogen (secondary N) is 1. The topological polar surface area (TPSA) is 107 Å². The fourth-order valence-electron chi connectivity index (χ4n) is 2.03. The largest absolute Gasteiger partial charge is 0.370 e. The molecular weight excluding hydrogens is 222 g/mol. The van der Waals surface area contributed by atoms with Gasteiger partial charge < -0.3 is 21.5 Å². The van der Waals surface area contributed by atoms with Crippen LogP contribution in [0, 0.1) is 5.92 Å². The van der Waals surface area contributed by atoms with Gasteiger partial charge in [0.05, 0.1) is 6.61 Å². The maximum absolute atomic E-state index is 11.7. The van der Waals surface area contributed by atoms with E-state index in [1.54, 1.807) is 0 Å². The third kappa shape index (κ3) is 5.65. The third-order valence-corrected chi connectivity index (χ3v) is 2.88. The molecule has 0 spiro atoms. The zero-order valence-electron chi connectivity index (χ0n) is 9.98. The first kappa shape index (κ1) is 13.9. The van der Waals surface area contributed by atoms with Crippen LogP contribution in [0.1, 0.15) is 25.7 Å². The number of hydrogen-bond acceptors (Lipinski definition) is 4. The molecule has 0 radical (unpaired) electrons. The Kier molecular flexibility index (Phi) is 5.93. The van der Waals surface area contributed by atoms with Gasteiger partial charge in [-0.2, -0.15) is 0 Å². The van der Waals surface area contributed by atoms with Crippen LogP contribution in [0.5, 0.6) is 0 Å². The fourth-order valence-corrected chi connectivity index (χ4v) is 2.03. The minimum Gasteiger partial charge on any atom is -0.370 e. The second-order valence-corrected chi connectivity index (χ2v) is 4.43. The van der Waals surface area contributed by atoms with Crippen molar-refractivity contribution in [2.75, 3.05) is 19.8 Å². The second-order valence-electron chi connectivity index (χ2n) is 4.43. The molecule has 0 aromatic rings. The molecule has 5 N–H and O–H groups in total. The van der Waals surface area contributed by atoms with E-state index < -0.39 is 5.91 Å². The molecule has 1 saturated carbocycles. The zero-order valence-corrected chi connectivity index (χ0v) is 9.98. The Balaban J connectivity index is 2.10. The maximum Gasteiger partial charge on any atom is 0.243 e. The van der Waals surface area contributed by atoms with Gasteiger partial charge in [0, 0.05) is 18.5 Å². The Morgan fingerprint density at radius 1 is 1.35 bits per heavy atom. The van der Waals surface area contributed by atoms with Crippen molar-refractivity contribution >= 4 is 11.8 Å². The standard InChI is InChI=1S/C11H21N3O3/c12-9-3-1-2-8(6-9)11(16)14-4-5-17-7-10(13)15/h8-9H,1-7,12H2,(H2,13,15)(H,14,16). The number of primary amides is 1. The average molecular weight is 243 g/mol. The van der Waals surface area contributed by atoms with Crippen LogP contribution in [0.2, 0.25) is 0 Å². The molecule has 0 aliphatic heterocycles. The van der Waals surface area contributed by atoms with Gasteiger partial charge in [0.1, 0.15) is 6.61 Å². The van der Waals surface area contributed by atoms with Crippen molar-refractivity contribution in [3.05, 3.63) is 0 Å². The van der Waals surface area contributed by atoms with E-state index in [-0.39, 0.29) is 24.5 Å². The van der Waals surface area contributed by atoms with Gasteiger partial charge in [-0.1, -0.05) is 6.42 Å². The number of carbonyl (C=O) groups excluding carboxylic acids is 2. The number of ether oxygens (including phenoxy) is 1. The molecule has 0 bridgehead atoms. The lowest BCUT2D eigenvalue weighted by Crippen LogP contribution is -2.39. The second kappa shape index (κ2) is 7.24. The third-order valence-electron chi connectivity index (χ3n) is 2.88. The van der Waals surface area contributed by atoms with Crippen molar-refractivity contribution in [2.24, 2.45) is 17.4 Å². The highest BCUT2D eigenvalue weighted by atomic mass is 16.5. The van der Waals surface area contributed by atoms with E-state index in [4.69, 9.17) is 16.2 Å². The minimum absolute atomic E-state index is 0.0230. The molecule has 17 heavy (non-hydrogen) atoms. The van der Waals surface area contributed by atoms with Gasteiger partial charge in [0.15, 0.2) is 0 Å². The molecule has 1 fully saturated rings. The molecule has 2 atom stereocenters. The summed E-state index contributed by atoms with van der Waals surface area (Å²) in [6.45, 7) is 0.593. The smallest absolute Gasteiger partial charge is 0.243 e. The molecule has 2 unspecified atom stereocenters. The predicted molar refractivity (Wildman–Crippen MR) is 63.0 cm³/mol. The van der Waals surface area contributed by atoms with E-state index in [9.17, 15) is 9.59 Å². The summed E-state index contributed by atoms with van der Waals surface area (Å²) in [6.07, 6.45) is 3.68. The highest BCUT2D eigenvalue weighted by molar-refractivity contribution is 5.78. The van der Waals surface area contributed by atoms with Crippen molar-refractivity contribution in [1.29, 1.82) is 0 Å². The van der Waals surface area contributed by atoms with E-state index in [1.165, 1.54) is 0 Å². The molecule has 0 saturated heterocycles. The number of carbonyl (C=O) groups is 2. The molecule has 1 aliphatic carbocycles. The van der Waals surface area contributed by atoms with Crippen molar-refractivity contribution in [1.82, 2.24) is 5.32 Å². The average Bonchev–Trinajstić information content (AvgIpc) is 2.28. The quantitative estimate of drug-likeness (QED) is 0.526. The van der Waals surface area contributed by atoms with Gasteiger partial charge in [0.2, 0.25) is 11.8 Å². The lowest BCUT2D eigenvalue weighted by Gasteiger charge is -2.25. The molecule has 1 rings (SSSR count). The molecule has 1 aliphatic rings. The van der Waals surface area contributed by atoms with Crippen molar-refractivity contribution in [2.45, 2.75) is 31.7 Å². The highest BCUT2D eigenvalue weighted by Gasteiger charge is 2.24. The Hall–Kier alpha value is -1.14. The van der Waals surface area contributed by atoms with Gasteiger partial charge in [-0.25, -0.2) is 0 Å². The van der Waals surface area contributed by atoms with Crippen molar-refractivity contribution < 1.29 is 14.3 Å². The first-order chi connectivity index (χ1) is 8.09. The van der Waals surface area contributed by atoms with Gasteiger partial charge in [-0.3, -0.25) is 9.59 Å². The summed E-state index contributed by atoms with van der Waals surface area (Å²) in [5, 5.41) is 2.78. The molecular formula is C11H21N3O3. The molecule has 6 heteroatoms. The Morgan fingerprint density at radius 3 is 2.76 bits per heavy atom. The van der Waals surface area contributed by atoms with Crippen molar-refractivity contribution in [3.8, 4) is 0 Å². The van der Waals surface area contributed by atoms with Crippen LogP contribution < -0.4 is 16.8 Å². The van der Waals surface area contributed by atoms with Gasteiger partial charge in [-0.15, -0.1) is 0 Å². The highest BCUT2D eigenvalue weighted by Crippen LogP contribution is 2.22. The van der Waals surface area contributed by atoms with E-state index in [1.807, 2.05) is 0 Å². The summed E-state index contributed by atoms with van der Waals surface area (Å²) >= 11 is 0. The number of rotatable bonds is 6. The molecule has 2 amide bonds. The maximum atomic E-state index is 11.7. The summed E-state index contributed by atoms with van der Waals surface area (Å²) < 4.78 is 4.94. The van der Waals surface area contributed by atoms with Crippen LogP contribution in [0.4, 0.5) is 0 Å².